The van der Waals surface area contributed by atoms with Crippen LogP contribution in [-0.4, -0.2) is 135 Å². The van der Waals surface area contributed by atoms with Crippen molar-refractivity contribution in [2.24, 2.45) is 22.5 Å². The fourth-order valence-electron chi connectivity index (χ4n) is 4.60. The summed E-state index contributed by atoms with van der Waals surface area (Å²) < 4.78 is 0. The SMILES string of the molecule is CC/C(C)=C(/NC(=O)[C@H](CC(C)C)NC(=O)[C@@H]1CCC=NN1C(=O)[C@@H](NC(=O)[C@H](C)NC(=O)C(N)(CO)CO)[C@H](C)N)C(=O)N[C@@H](CO)C(=O)O. The van der Waals surface area contributed by atoms with Gasteiger partial charge in [0.15, 0.2) is 6.04 Å². The summed E-state index contributed by atoms with van der Waals surface area (Å²) >= 11 is 0. The molecule has 0 radical (unpaired) electrons. The molecule has 0 aromatic heterocycles. The highest BCUT2D eigenvalue weighted by Crippen LogP contribution is 2.17. The van der Waals surface area contributed by atoms with Gasteiger partial charge in [0.25, 0.3) is 11.8 Å². The first-order valence-electron chi connectivity index (χ1n) is 16.5. The number of aliphatic carboxylic acids is 1. The summed E-state index contributed by atoms with van der Waals surface area (Å²) in [6, 6.07) is -7.91. The van der Waals surface area contributed by atoms with E-state index in [-0.39, 0.29) is 30.9 Å². The molecule has 51 heavy (non-hydrogen) atoms. The monoisotopic (exact) mass is 727 g/mol. The Morgan fingerprint density at radius 1 is 0.941 bits per heavy atom. The number of aliphatic hydroxyl groups is 3. The number of hydrogen-bond acceptors (Lipinski definition) is 13. The Morgan fingerprint density at radius 3 is 2.04 bits per heavy atom. The summed E-state index contributed by atoms with van der Waals surface area (Å²) in [5.74, 6) is -6.97. The third-order valence-corrected chi connectivity index (χ3v) is 8.00. The predicted octanol–water partition coefficient (Wildman–Crippen LogP) is -4.13. The molecule has 1 heterocycles. The van der Waals surface area contributed by atoms with Gasteiger partial charge in [0.1, 0.15) is 35.4 Å². The van der Waals surface area contributed by atoms with Crippen molar-refractivity contribution in [3.63, 3.8) is 0 Å². The molecule has 6 amide bonds. The summed E-state index contributed by atoms with van der Waals surface area (Å²) in [6.07, 6.45) is 2.11. The van der Waals surface area contributed by atoms with Crippen molar-refractivity contribution in [3.8, 4) is 0 Å². The van der Waals surface area contributed by atoms with Gasteiger partial charge in [-0.15, -0.1) is 0 Å². The van der Waals surface area contributed by atoms with Crippen LogP contribution in [0.5, 0.6) is 0 Å². The number of allylic oxidation sites excluding steroid dienone is 1. The number of hydrogen-bond donors (Lipinski definition) is 11. The molecule has 20 heteroatoms. The number of aliphatic hydroxyl groups excluding tert-OH is 3. The second kappa shape index (κ2) is 20.4. The van der Waals surface area contributed by atoms with Crippen LogP contribution < -0.4 is 38.1 Å². The van der Waals surface area contributed by atoms with E-state index >= 15 is 0 Å². The Hall–Kier alpha value is -4.50. The quantitative estimate of drug-likeness (QED) is 0.0564. The summed E-state index contributed by atoms with van der Waals surface area (Å²) in [4.78, 5) is 90.7. The number of amides is 6. The Labute approximate surface area is 295 Å². The lowest BCUT2D eigenvalue weighted by atomic mass is 10.0. The van der Waals surface area contributed by atoms with Gasteiger partial charge in [-0.3, -0.25) is 28.8 Å². The Bertz CT molecular complexity index is 1350. The zero-order chi connectivity index (χ0) is 39.2. The van der Waals surface area contributed by atoms with E-state index in [4.69, 9.17) is 11.5 Å². The minimum Gasteiger partial charge on any atom is -0.480 e. The van der Waals surface area contributed by atoms with E-state index in [0.717, 1.165) is 5.01 Å². The lowest BCUT2D eigenvalue weighted by Crippen LogP contribution is -2.64. The molecule has 1 rings (SSSR count). The Morgan fingerprint density at radius 2 is 1.55 bits per heavy atom. The maximum absolute atomic E-state index is 13.7. The van der Waals surface area contributed by atoms with E-state index in [2.05, 4.69) is 31.7 Å². The number of rotatable bonds is 19. The van der Waals surface area contributed by atoms with E-state index in [1.807, 2.05) is 0 Å². The average Bonchev–Trinajstić information content (AvgIpc) is 3.09. The molecule has 0 bridgehead atoms. The third kappa shape index (κ3) is 12.6. The van der Waals surface area contributed by atoms with E-state index in [1.165, 1.54) is 20.1 Å². The molecule has 0 spiro atoms. The van der Waals surface area contributed by atoms with Gasteiger partial charge in [0.05, 0.1) is 19.8 Å². The summed E-state index contributed by atoms with van der Waals surface area (Å²) in [7, 11) is 0. The van der Waals surface area contributed by atoms with Crippen LogP contribution in [0.25, 0.3) is 0 Å². The first-order chi connectivity index (χ1) is 23.8. The van der Waals surface area contributed by atoms with Gasteiger partial charge in [-0.25, -0.2) is 9.80 Å². The first-order valence-corrected chi connectivity index (χ1v) is 16.5. The van der Waals surface area contributed by atoms with Crippen LogP contribution in [0.15, 0.2) is 16.4 Å². The van der Waals surface area contributed by atoms with E-state index in [9.17, 15) is 54.0 Å². The molecule has 0 saturated heterocycles. The lowest BCUT2D eigenvalue weighted by Gasteiger charge is -2.34. The highest BCUT2D eigenvalue weighted by Gasteiger charge is 2.40. The molecule has 1 aliphatic heterocycles. The number of carbonyl (C=O) groups is 7. The Balaban J connectivity index is 3.26. The fourth-order valence-corrected chi connectivity index (χ4v) is 4.60. The summed E-state index contributed by atoms with van der Waals surface area (Å²) in [5.41, 5.74) is 9.75. The largest absolute Gasteiger partial charge is 0.480 e. The molecule has 20 nitrogen and oxygen atoms in total. The third-order valence-electron chi connectivity index (χ3n) is 8.00. The van der Waals surface area contributed by atoms with Gasteiger partial charge in [0, 0.05) is 12.3 Å². The van der Waals surface area contributed by atoms with Crippen LogP contribution >= 0.6 is 0 Å². The van der Waals surface area contributed by atoms with Gasteiger partial charge < -0.3 is 58.5 Å². The number of carboxylic acids is 1. The number of nitrogens with one attached hydrogen (secondary N) is 5. The molecule has 0 aromatic rings. The van der Waals surface area contributed by atoms with Crippen molar-refractivity contribution < 1.29 is 54.0 Å². The zero-order valence-electron chi connectivity index (χ0n) is 29.8. The lowest BCUT2D eigenvalue weighted by molar-refractivity contribution is -0.145. The molecular weight excluding hydrogens is 674 g/mol. The predicted molar refractivity (Wildman–Crippen MR) is 182 cm³/mol. The topological polar surface area (TPSA) is 328 Å². The van der Waals surface area contributed by atoms with E-state index < -0.39 is 103 Å². The second-order valence-corrected chi connectivity index (χ2v) is 12.8. The van der Waals surface area contributed by atoms with Gasteiger partial charge >= 0.3 is 5.97 Å². The maximum Gasteiger partial charge on any atom is 0.328 e. The molecule has 0 aliphatic carbocycles. The molecule has 13 N–H and O–H groups in total. The summed E-state index contributed by atoms with van der Waals surface area (Å²) in [5, 5.41) is 54.1. The van der Waals surface area contributed by atoms with Gasteiger partial charge in [0.2, 0.25) is 23.6 Å². The van der Waals surface area contributed by atoms with Crippen LogP contribution in [-0.2, 0) is 33.6 Å². The highest BCUT2D eigenvalue weighted by atomic mass is 16.4. The van der Waals surface area contributed by atoms with Crippen LogP contribution in [0.4, 0.5) is 0 Å². The number of nitrogens with two attached hydrogens (primary N) is 2. The molecule has 0 unspecified atom stereocenters. The highest BCUT2D eigenvalue weighted by molar-refractivity contribution is 6.02. The second-order valence-electron chi connectivity index (χ2n) is 12.8. The normalized spacial score (nSPS) is 18.0. The number of carbonyl (C=O) groups excluding carboxylic acids is 6. The average molecular weight is 728 g/mol. The molecule has 0 aromatic carbocycles. The molecule has 0 fully saturated rings. The molecule has 1 aliphatic rings. The fraction of sp³-hybridized carbons (Fsp3) is 0.677. The molecule has 6 atom stereocenters. The van der Waals surface area contributed by atoms with Crippen molar-refractivity contribution in [3.05, 3.63) is 11.3 Å². The van der Waals surface area contributed by atoms with E-state index in [0.29, 0.717) is 12.0 Å². The minimum atomic E-state index is -2.07. The molecule has 0 saturated carbocycles. The maximum atomic E-state index is 13.7. The van der Waals surface area contributed by atoms with Crippen molar-refractivity contribution >= 4 is 47.6 Å². The number of carboxylic acid groups (broad SMARTS) is 1. The minimum absolute atomic E-state index is 0.0737. The number of hydrazone groups is 1. The van der Waals surface area contributed by atoms with E-state index in [1.54, 1.807) is 27.7 Å². The standard InChI is InChI=1S/C31H53N9O11/c1-7-16(4)22(27(47)37-20(12-41)29(49)50)38-25(45)19(11-15(2)3)36-26(46)21-9-8-10-34-40(21)28(48)23(17(5)32)39-24(44)18(6)35-30(51)31(33,13-42)14-43/h10,15,17-21,23,41-43H,7-9,11-14,32-33H2,1-6H3,(H,35,51)(H,36,46)(H,37,47)(H,38,45)(H,39,44)(H,49,50)/b22-16+/t17-,18-,19-,20-,21-,23-/m0/s1. The van der Waals surface area contributed by atoms with Crippen LogP contribution in [0.2, 0.25) is 0 Å². The van der Waals surface area contributed by atoms with Crippen LogP contribution in [0.1, 0.15) is 67.2 Å². The van der Waals surface area contributed by atoms with Gasteiger partial charge in [-0.05, 0) is 57.9 Å². The Kier molecular flexibility index (Phi) is 17.8. The zero-order valence-corrected chi connectivity index (χ0v) is 29.8. The van der Waals surface area contributed by atoms with Gasteiger partial charge in [-0.2, -0.15) is 5.10 Å². The first kappa shape index (κ1) is 44.5. The van der Waals surface area contributed by atoms with Gasteiger partial charge in [-0.1, -0.05) is 20.8 Å². The van der Waals surface area contributed by atoms with Crippen molar-refractivity contribution in [1.82, 2.24) is 31.6 Å². The molecular formula is C31H53N9O11. The van der Waals surface area contributed by atoms with Crippen LogP contribution in [0.3, 0.4) is 0 Å². The smallest absolute Gasteiger partial charge is 0.328 e. The van der Waals surface area contributed by atoms with Crippen molar-refractivity contribution in [2.45, 2.75) is 109 Å². The van der Waals surface area contributed by atoms with Crippen molar-refractivity contribution in [1.29, 1.82) is 0 Å². The van der Waals surface area contributed by atoms with Crippen molar-refractivity contribution in [2.75, 3.05) is 19.8 Å². The van der Waals surface area contributed by atoms with Crippen LogP contribution in [0, 0.1) is 5.92 Å². The number of nitrogens with zero attached hydrogens (tertiary/aromatic N) is 2. The summed E-state index contributed by atoms with van der Waals surface area (Å²) in [6.45, 7) is 6.77. The molecule has 288 valence electrons.